The Morgan fingerprint density at radius 3 is 2.00 bits per heavy atom. The molecule has 3 nitrogen and oxygen atoms in total. The minimum atomic E-state index is -0.831. The van der Waals surface area contributed by atoms with E-state index in [1.54, 1.807) is 18.1 Å². The van der Waals surface area contributed by atoms with Crippen molar-refractivity contribution in [2.24, 2.45) is 28.7 Å². The normalized spacial score (nSPS) is 36.5. The molecule has 31 heavy (non-hydrogen) atoms. The molecule has 0 amide bonds. The van der Waals surface area contributed by atoms with Gasteiger partial charge in [0.25, 0.3) is 0 Å². The molecule has 6 unspecified atom stereocenters. The number of aliphatic imine (C=N–C) groups is 1. The molecule has 4 aliphatic carbocycles. The van der Waals surface area contributed by atoms with Crippen LogP contribution >= 0.6 is 0 Å². The zero-order valence-corrected chi connectivity index (χ0v) is 19.2. The predicted molar refractivity (Wildman–Crippen MR) is 124 cm³/mol. The Morgan fingerprint density at radius 2 is 1.39 bits per heavy atom. The first-order valence-electron chi connectivity index (χ1n) is 11.6. The first kappa shape index (κ1) is 19.5. The van der Waals surface area contributed by atoms with E-state index in [1.807, 2.05) is 6.07 Å². The molecule has 160 valence electrons. The van der Waals surface area contributed by atoms with Crippen molar-refractivity contribution >= 4 is 5.71 Å². The average molecular weight is 414 g/mol. The molecule has 0 saturated heterocycles. The van der Waals surface area contributed by atoms with Gasteiger partial charge in [-0.2, -0.15) is 0 Å². The Labute approximate surface area is 184 Å². The second-order valence-corrected chi connectivity index (χ2v) is 10.0. The first-order chi connectivity index (χ1) is 14.8. The lowest BCUT2D eigenvalue weighted by molar-refractivity contribution is -0.113. The van der Waals surface area contributed by atoms with Crippen LogP contribution in [0.3, 0.4) is 0 Å². The molecule has 1 heterocycles. The van der Waals surface area contributed by atoms with Crippen LogP contribution in [0.5, 0.6) is 0 Å². The van der Waals surface area contributed by atoms with Gasteiger partial charge < -0.3 is 9.84 Å². The van der Waals surface area contributed by atoms with Gasteiger partial charge in [0, 0.05) is 23.7 Å². The number of fused-ring (bicyclic) bond motifs is 3. The molecule has 0 bridgehead atoms. The maximum absolute atomic E-state index is 10.3. The highest BCUT2D eigenvalue weighted by Gasteiger charge is 2.62. The maximum Gasteiger partial charge on any atom is 0.152 e. The van der Waals surface area contributed by atoms with Gasteiger partial charge >= 0.3 is 0 Å². The van der Waals surface area contributed by atoms with Crippen molar-refractivity contribution in [1.29, 1.82) is 0 Å². The van der Waals surface area contributed by atoms with Gasteiger partial charge in [-0.3, -0.25) is 4.99 Å². The fraction of sp³-hybridized carbons (Fsp3) is 0.464. The lowest BCUT2D eigenvalue weighted by atomic mass is 9.65. The van der Waals surface area contributed by atoms with Crippen LogP contribution < -0.4 is 0 Å². The Hall–Kier alpha value is -2.23. The van der Waals surface area contributed by atoms with Crippen molar-refractivity contribution in [2.75, 3.05) is 0 Å². The van der Waals surface area contributed by atoms with Gasteiger partial charge in [-0.1, -0.05) is 54.0 Å². The summed E-state index contributed by atoms with van der Waals surface area (Å²) in [7, 11) is 0. The summed E-state index contributed by atoms with van der Waals surface area (Å²) in [6.07, 6.45) is -1.06. The van der Waals surface area contributed by atoms with Gasteiger partial charge in [-0.25, -0.2) is 0 Å². The van der Waals surface area contributed by atoms with Crippen molar-refractivity contribution < 1.29 is 9.84 Å². The smallest absolute Gasteiger partial charge is 0.152 e. The van der Waals surface area contributed by atoms with E-state index < -0.39 is 6.29 Å². The zero-order valence-electron chi connectivity index (χ0n) is 19.2. The average Bonchev–Trinajstić information content (AvgIpc) is 3.40. The monoisotopic (exact) mass is 413 g/mol. The Bertz CT molecular complexity index is 1160. The van der Waals surface area contributed by atoms with Crippen molar-refractivity contribution in [3.63, 3.8) is 0 Å². The van der Waals surface area contributed by atoms with Crippen LogP contribution in [0.1, 0.15) is 47.1 Å². The van der Waals surface area contributed by atoms with Gasteiger partial charge in [-0.05, 0) is 68.0 Å². The summed E-state index contributed by atoms with van der Waals surface area (Å²) in [5.41, 5.74) is 14.2. The minimum absolute atomic E-state index is 0.0926. The second-order valence-electron chi connectivity index (χ2n) is 10.0. The molecule has 0 radical (unpaired) electrons. The third-order valence-electron chi connectivity index (χ3n) is 8.77. The molecule has 7 atom stereocenters. The molecule has 2 saturated carbocycles. The molecule has 0 spiro atoms. The highest BCUT2D eigenvalue weighted by molar-refractivity contribution is 6.06. The minimum Gasteiger partial charge on any atom is -0.368 e. The van der Waals surface area contributed by atoms with Crippen molar-refractivity contribution in [2.45, 2.75) is 60.0 Å². The van der Waals surface area contributed by atoms with Crippen LogP contribution in [-0.4, -0.2) is 29.3 Å². The maximum atomic E-state index is 10.3. The lowest BCUT2D eigenvalue weighted by Gasteiger charge is -2.40. The van der Waals surface area contributed by atoms with Gasteiger partial charge in [-0.15, -0.1) is 0 Å². The molecule has 1 N–H and O–H groups in total. The summed E-state index contributed by atoms with van der Waals surface area (Å²) < 4.78 is 6.26. The predicted octanol–water partition coefficient (Wildman–Crippen LogP) is 5.39. The number of allylic oxidation sites excluding steroid dienone is 6. The van der Waals surface area contributed by atoms with Crippen molar-refractivity contribution in [1.82, 2.24) is 0 Å². The molecular formula is C28H31NO2. The summed E-state index contributed by atoms with van der Waals surface area (Å²) >= 11 is 0. The fourth-order valence-corrected chi connectivity index (χ4v) is 7.52. The Balaban J connectivity index is 1.60. The molecule has 5 aliphatic rings. The molecule has 6 rings (SSSR count). The SMILES string of the molecule is CC1=C2C3N=C(c4ccccc4)C(OC(C)O)C3C3=C(C)C(C)=C4C3C2C(=C1C)[C@H]4C. The summed E-state index contributed by atoms with van der Waals surface area (Å²) in [5, 5.41) is 10.3. The van der Waals surface area contributed by atoms with Gasteiger partial charge in [0.15, 0.2) is 6.29 Å². The number of hydrogen-bond donors (Lipinski definition) is 1. The number of hydrogen-bond acceptors (Lipinski definition) is 3. The molecule has 1 aromatic carbocycles. The molecule has 3 heteroatoms. The zero-order chi connectivity index (χ0) is 21.8. The summed E-state index contributed by atoms with van der Waals surface area (Å²) in [6.45, 7) is 13.3. The van der Waals surface area contributed by atoms with E-state index in [1.165, 1.54) is 33.4 Å². The van der Waals surface area contributed by atoms with E-state index in [0.29, 0.717) is 17.8 Å². The Morgan fingerprint density at radius 1 is 0.839 bits per heavy atom. The summed E-state index contributed by atoms with van der Waals surface area (Å²) in [6, 6.07) is 10.5. The quantitative estimate of drug-likeness (QED) is 0.676. The third kappa shape index (κ3) is 2.29. The lowest BCUT2D eigenvalue weighted by Crippen LogP contribution is -2.42. The fourth-order valence-electron chi connectivity index (χ4n) is 7.52. The Kier molecular flexibility index (Phi) is 4.02. The van der Waals surface area contributed by atoms with Crippen LogP contribution in [0.15, 0.2) is 79.9 Å². The van der Waals surface area contributed by atoms with Gasteiger partial charge in [0.1, 0.15) is 6.10 Å². The van der Waals surface area contributed by atoms with Gasteiger partial charge in [0.2, 0.25) is 0 Å². The molecule has 2 fully saturated rings. The highest BCUT2D eigenvalue weighted by atomic mass is 16.6. The van der Waals surface area contributed by atoms with Crippen molar-refractivity contribution in [3.05, 3.63) is 80.5 Å². The standard InChI is InChI=1S/C28H31NO2/c1-12-14(3)21-23-19(12)16(5)20-13(2)15(4)22(24(20)23)27-25(21)28(31-17(6)30)26(29-27)18-10-8-7-9-11-18/h7-11,16-17,23-25,27-28,30H,1-6H3/t16-,17?,23?,24?,25?,27?,28?/m0/s1. The largest absolute Gasteiger partial charge is 0.368 e. The van der Waals surface area contributed by atoms with E-state index in [4.69, 9.17) is 9.73 Å². The number of benzene rings is 1. The molecule has 1 aliphatic heterocycles. The van der Waals surface area contributed by atoms with Crippen LogP contribution in [-0.2, 0) is 4.74 Å². The van der Waals surface area contributed by atoms with Crippen LogP contribution in [0.25, 0.3) is 0 Å². The van der Waals surface area contributed by atoms with E-state index in [9.17, 15) is 5.11 Å². The van der Waals surface area contributed by atoms with E-state index in [-0.39, 0.29) is 18.1 Å². The summed E-state index contributed by atoms with van der Waals surface area (Å²) in [5.74, 6) is 1.59. The second kappa shape index (κ2) is 6.40. The third-order valence-corrected chi connectivity index (χ3v) is 8.77. The number of ether oxygens (including phenoxy) is 1. The number of nitrogens with zero attached hydrogens (tertiary/aromatic N) is 1. The van der Waals surface area contributed by atoms with Gasteiger partial charge in [0.05, 0.1) is 11.8 Å². The van der Waals surface area contributed by atoms with Crippen LogP contribution in [0, 0.1) is 23.7 Å². The molecule has 1 aromatic rings. The highest BCUT2D eigenvalue weighted by Crippen LogP contribution is 2.68. The van der Waals surface area contributed by atoms with Crippen molar-refractivity contribution in [3.8, 4) is 0 Å². The van der Waals surface area contributed by atoms with Crippen LogP contribution in [0.4, 0.5) is 0 Å². The number of aliphatic hydroxyl groups excluding tert-OH is 1. The van der Waals surface area contributed by atoms with E-state index in [2.05, 4.69) is 58.9 Å². The van der Waals surface area contributed by atoms with Crippen LogP contribution in [0.2, 0.25) is 0 Å². The topological polar surface area (TPSA) is 41.8 Å². The molecular weight excluding hydrogens is 382 g/mol. The number of aliphatic hydroxyl groups is 1. The van der Waals surface area contributed by atoms with E-state index >= 15 is 0 Å². The van der Waals surface area contributed by atoms with E-state index in [0.717, 1.165) is 11.3 Å². The molecule has 0 aromatic heterocycles. The number of rotatable bonds is 3. The first-order valence-corrected chi connectivity index (χ1v) is 11.6. The summed E-state index contributed by atoms with van der Waals surface area (Å²) in [4.78, 5) is 5.38.